The Morgan fingerprint density at radius 1 is 1.23 bits per heavy atom. The van der Waals surface area contributed by atoms with Crippen LogP contribution in [0.2, 0.25) is 0 Å². The van der Waals surface area contributed by atoms with Crippen LogP contribution in [0.3, 0.4) is 0 Å². The minimum atomic E-state index is -0.123. The van der Waals surface area contributed by atoms with Gasteiger partial charge in [0.2, 0.25) is 0 Å². The molecule has 0 aliphatic carbocycles. The van der Waals surface area contributed by atoms with E-state index in [1.807, 2.05) is 42.1 Å². The van der Waals surface area contributed by atoms with E-state index in [1.165, 1.54) is 0 Å². The van der Waals surface area contributed by atoms with Gasteiger partial charge in [0.25, 0.3) is 5.91 Å². The Morgan fingerprint density at radius 3 is 2.77 bits per heavy atom. The van der Waals surface area contributed by atoms with Crippen LogP contribution in [-0.2, 0) is 7.05 Å². The second-order valence-corrected chi connectivity index (χ2v) is 5.02. The summed E-state index contributed by atoms with van der Waals surface area (Å²) in [4.78, 5) is 16.3. The molecule has 3 aromatic rings. The first-order chi connectivity index (χ1) is 10.7. The van der Waals surface area contributed by atoms with Crippen molar-refractivity contribution >= 4 is 16.9 Å². The van der Waals surface area contributed by atoms with Crippen molar-refractivity contribution in [3.63, 3.8) is 0 Å². The van der Waals surface area contributed by atoms with E-state index in [1.54, 1.807) is 26.4 Å². The Morgan fingerprint density at radius 2 is 2.05 bits per heavy atom. The van der Waals surface area contributed by atoms with Gasteiger partial charge in [0, 0.05) is 43.0 Å². The maximum Gasteiger partial charge on any atom is 0.251 e. The molecule has 22 heavy (non-hydrogen) atoms. The molecule has 0 unspecified atom stereocenters. The van der Waals surface area contributed by atoms with E-state index in [9.17, 15) is 4.79 Å². The van der Waals surface area contributed by atoms with Crippen molar-refractivity contribution in [3.8, 4) is 16.9 Å². The largest absolute Gasteiger partial charge is 0.496 e. The first-order valence-corrected chi connectivity index (χ1v) is 6.96. The van der Waals surface area contributed by atoms with E-state index in [2.05, 4.69) is 10.3 Å². The van der Waals surface area contributed by atoms with Crippen LogP contribution < -0.4 is 10.1 Å². The van der Waals surface area contributed by atoms with Crippen molar-refractivity contribution in [1.29, 1.82) is 0 Å². The van der Waals surface area contributed by atoms with Gasteiger partial charge in [0.15, 0.2) is 0 Å². The highest BCUT2D eigenvalue weighted by Crippen LogP contribution is 2.35. The third kappa shape index (κ3) is 2.20. The topological polar surface area (TPSA) is 56.1 Å². The molecule has 2 heterocycles. The number of benzene rings is 1. The van der Waals surface area contributed by atoms with Gasteiger partial charge in [-0.3, -0.25) is 4.79 Å². The molecular weight excluding hydrogens is 278 g/mol. The maximum absolute atomic E-state index is 11.9. The first kappa shape index (κ1) is 14.1. The van der Waals surface area contributed by atoms with E-state index in [-0.39, 0.29) is 5.91 Å². The molecule has 5 nitrogen and oxygen atoms in total. The number of rotatable bonds is 3. The molecule has 0 aliphatic rings. The average molecular weight is 295 g/mol. The zero-order valence-electron chi connectivity index (χ0n) is 12.8. The molecule has 0 aliphatic heterocycles. The molecule has 0 spiro atoms. The second-order valence-electron chi connectivity index (χ2n) is 5.02. The molecule has 1 amide bonds. The van der Waals surface area contributed by atoms with Gasteiger partial charge < -0.3 is 14.6 Å². The molecule has 1 aromatic carbocycles. The predicted molar refractivity (Wildman–Crippen MR) is 86.1 cm³/mol. The number of methoxy groups -OCH3 is 1. The van der Waals surface area contributed by atoms with Gasteiger partial charge in [-0.1, -0.05) is 0 Å². The monoisotopic (exact) mass is 295 g/mol. The second kappa shape index (κ2) is 5.52. The lowest BCUT2D eigenvalue weighted by Gasteiger charge is -2.11. The first-order valence-electron chi connectivity index (χ1n) is 6.96. The van der Waals surface area contributed by atoms with Gasteiger partial charge in [-0.15, -0.1) is 0 Å². The van der Waals surface area contributed by atoms with E-state index in [4.69, 9.17) is 4.74 Å². The zero-order chi connectivity index (χ0) is 15.7. The number of hydrogen-bond donors (Lipinski definition) is 1. The minimum absolute atomic E-state index is 0.123. The van der Waals surface area contributed by atoms with Crippen molar-refractivity contribution in [2.75, 3.05) is 14.2 Å². The van der Waals surface area contributed by atoms with Crippen LogP contribution in [0, 0.1) is 0 Å². The van der Waals surface area contributed by atoms with Gasteiger partial charge in [-0.25, -0.2) is 4.98 Å². The summed E-state index contributed by atoms with van der Waals surface area (Å²) in [5, 5.41) is 3.67. The number of hydrogen-bond acceptors (Lipinski definition) is 3. The van der Waals surface area contributed by atoms with Gasteiger partial charge in [0.1, 0.15) is 11.4 Å². The molecule has 0 atom stereocenters. The van der Waals surface area contributed by atoms with Crippen molar-refractivity contribution < 1.29 is 9.53 Å². The number of pyridine rings is 1. The third-order valence-electron chi connectivity index (χ3n) is 3.75. The molecule has 5 heteroatoms. The molecule has 0 bridgehead atoms. The molecule has 0 fully saturated rings. The number of aryl methyl sites for hydroxylation is 1. The van der Waals surface area contributed by atoms with Crippen LogP contribution in [0.25, 0.3) is 22.2 Å². The number of fused-ring (bicyclic) bond motifs is 1. The summed E-state index contributed by atoms with van der Waals surface area (Å²) >= 11 is 0. The standard InChI is InChI=1S/C17H17N3O2/c1-18-17(21)11-4-5-15(22-3)14(10-11)12-6-8-19-16-13(12)7-9-20(16)2/h4-10H,1-3H3,(H,18,21). The van der Waals surface area contributed by atoms with Gasteiger partial charge in [-0.05, 0) is 35.9 Å². The molecule has 2 aromatic heterocycles. The van der Waals surface area contributed by atoms with Crippen LogP contribution in [0.5, 0.6) is 5.75 Å². The summed E-state index contributed by atoms with van der Waals surface area (Å²) < 4.78 is 7.43. The molecule has 0 saturated carbocycles. The van der Waals surface area contributed by atoms with E-state index in [0.29, 0.717) is 5.56 Å². The molecule has 112 valence electrons. The van der Waals surface area contributed by atoms with Crippen molar-refractivity contribution in [1.82, 2.24) is 14.9 Å². The third-order valence-corrected chi connectivity index (χ3v) is 3.75. The highest BCUT2D eigenvalue weighted by atomic mass is 16.5. The van der Waals surface area contributed by atoms with Crippen LogP contribution in [0.4, 0.5) is 0 Å². The quantitative estimate of drug-likeness (QED) is 0.808. The lowest BCUT2D eigenvalue weighted by atomic mass is 10.00. The average Bonchev–Trinajstić information content (AvgIpc) is 2.95. The summed E-state index contributed by atoms with van der Waals surface area (Å²) in [7, 11) is 5.20. The number of ether oxygens (including phenoxy) is 1. The van der Waals surface area contributed by atoms with Gasteiger partial charge in [0.05, 0.1) is 7.11 Å². The van der Waals surface area contributed by atoms with Crippen LogP contribution in [-0.4, -0.2) is 29.6 Å². The van der Waals surface area contributed by atoms with Gasteiger partial charge in [-0.2, -0.15) is 0 Å². The fourth-order valence-corrected chi connectivity index (χ4v) is 2.60. The highest BCUT2D eigenvalue weighted by molar-refractivity contribution is 5.99. The van der Waals surface area contributed by atoms with E-state index >= 15 is 0 Å². The van der Waals surface area contributed by atoms with E-state index < -0.39 is 0 Å². The summed E-state index contributed by atoms with van der Waals surface area (Å²) in [6.07, 6.45) is 3.74. The fraction of sp³-hybridized carbons (Fsp3) is 0.176. The molecule has 3 rings (SSSR count). The molecular formula is C17H17N3O2. The van der Waals surface area contributed by atoms with Crippen LogP contribution in [0.15, 0.2) is 42.7 Å². The molecule has 1 N–H and O–H groups in total. The number of carbonyl (C=O) groups is 1. The predicted octanol–water partition coefficient (Wildman–Crippen LogP) is 2.61. The summed E-state index contributed by atoms with van der Waals surface area (Å²) in [6, 6.07) is 9.37. The number of nitrogens with one attached hydrogen (secondary N) is 1. The number of carbonyl (C=O) groups excluding carboxylic acids is 1. The maximum atomic E-state index is 11.9. The van der Waals surface area contributed by atoms with Crippen molar-refractivity contribution in [2.45, 2.75) is 0 Å². The van der Waals surface area contributed by atoms with Gasteiger partial charge >= 0.3 is 0 Å². The Hall–Kier alpha value is -2.82. The highest BCUT2D eigenvalue weighted by Gasteiger charge is 2.14. The van der Waals surface area contributed by atoms with Crippen LogP contribution >= 0.6 is 0 Å². The van der Waals surface area contributed by atoms with Crippen LogP contribution in [0.1, 0.15) is 10.4 Å². The van der Waals surface area contributed by atoms with Crippen molar-refractivity contribution in [3.05, 3.63) is 48.3 Å². The minimum Gasteiger partial charge on any atom is -0.496 e. The number of amides is 1. The Kier molecular flexibility index (Phi) is 3.55. The molecule has 0 saturated heterocycles. The normalized spacial score (nSPS) is 10.7. The summed E-state index contributed by atoms with van der Waals surface area (Å²) in [5.74, 6) is 0.603. The Bertz CT molecular complexity index is 852. The Labute approximate surface area is 128 Å². The summed E-state index contributed by atoms with van der Waals surface area (Å²) in [5.41, 5.74) is 3.36. The smallest absolute Gasteiger partial charge is 0.251 e. The number of nitrogens with zero attached hydrogens (tertiary/aromatic N) is 2. The SMILES string of the molecule is CNC(=O)c1ccc(OC)c(-c2ccnc3c2ccn3C)c1. The summed E-state index contributed by atoms with van der Waals surface area (Å²) in [6.45, 7) is 0. The fourth-order valence-electron chi connectivity index (χ4n) is 2.60. The lowest BCUT2D eigenvalue weighted by Crippen LogP contribution is -2.17. The Balaban J connectivity index is 2.26. The lowest BCUT2D eigenvalue weighted by molar-refractivity contribution is 0.0963. The van der Waals surface area contributed by atoms with Crippen molar-refractivity contribution in [2.24, 2.45) is 7.05 Å². The molecule has 0 radical (unpaired) electrons. The number of aromatic nitrogens is 2. The zero-order valence-corrected chi connectivity index (χ0v) is 12.8. The van der Waals surface area contributed by atoms with E-state index in [0.717, 1.165) is 27.9 Å².